The molecule has 0 unspecified atom stereocenters. The van der Waals surface area contributed by atoms with Gasteiger partial charge in [0.1, 0.15) is 18.1 Å². The molecule has 2 aromatic carbocycles. The van der Waals surface area contributed by atoms with Crippen LogP contribution in [0.25, 0.3) is 0 Å². The fourth-order valence-corrected chi connectivity index (χ4v) is 1.50. The number of hydrogen-bond donors (Lipinski definition) is 0. The highest BCUT2D eigenvalue weighted by Crippen LogP contribution is 2.26. The largest absolute Gasteiger partial charge is 0.573 e. The molecule has 0 bridgehead atoms. The van der Waals surface area contributed by atoms with Crippen LogP contribution in [0.1, 0.15) is 5.56 Å². The van der Waals surface area contributed by atoms with Crippen molar-refractivity contribution < 1.29 is 22.6 Å². The molecular formula is C14H11F3O2. The summed E-state index contributed by atoms with van der Waals surface area (Å²) in [5.41, 5.74) is 0.935. The van der Waals surface area contributed by atoms with E-state index in [1.165, 1.54) is 18.2 Å². The van der Waals surface area contributed by atoms with E-state index in [1.54, 1.807) is 6.07 Å². The number of rotatable bonds is 4. The SMILES string of the molecule is FC(F)(F)Oc1cccc(OCc2ccccc2)c1. The number of benzene rings is 2. The van der Waals surface area contributed by atoms with Crippen LogP contribution in [-0.2, 0) is 6.61 Å². The second-order valence-corrected chi connectivity index (χ2v) is 3.80. The van der Waals surface area contributed by atoms with Crippen LogP contribution in [-0.4, -0.2) is 6.36 Å². The molecule has 0 spiro atoms. The highest BCUT2D eigenvalue weighted by molar-refractivity contribution is 5.33. The summed E-state index contributed by atoms with van der Waals surface area (Å²) < 4.78 is 45.4. The monoisotopic (exact) mass is 268 g/mol. The van der Waals surface area contributed by atoms with Gasteiger partial charge in [-0.2, -0.15) is 0 Å². The van der Waals surface area contributed by atoms with Crippen LogP contribution in [0.3, 0.4) is 0 Å². The summed E-state index contributed by atoms with van der Waals surface area (Å²) in [7, 11) is 0. The average molecular weight is 268 g/mol. The fraction of sp³-hybridized carbons (Fsp3) is 0.143. The van der Waals surface area contributed by atoms with Gasteiger partial charge in [0, 0.05) is 6.07 Å². The van der Waals surface area contributed by atoms with Crippen molar-refractivity contribution in [3.63, 3.8) is 0 Å². The summed E-state index contributed by atoms with van der Waals surface area (Å²) in [6.07, 6.45) is -4.70. The topological polar surface area (TPSA) is 18.5 Å². The molecule has 0 aliphatic carbocycles. The van der Waals surface area contributed by atoms with Gasteiger partial charge in [-0.05, 0) is 17.7 Å². The Labute approximate surface area is 108 Å². The third-order valence-corrected chi connectivity index (χ3v) is 2.29. The van der Waals surface area contributed by atoms with Crippen molar-refractivity contribution >= 4 is 0 Å². The maximum Gasteiger partial charge on any atom is 0.573 e. The molecule has 19 heavy (non-hydrogen) atoms. The third kappa shape index (κ3) is 4.54. The van der Waals surface area contributed by atoms with E-state index in [0.717, 1.165) is 5.56 Å². The van der Waals surface area contributed by atoms with Crippen LogP contribution in [0, 0.1) is 0 Å². The molecule has 0 amide bonds. The molecule has 100 valence electrons. The van der Waals surface area contributed by atoms with Gasteiger partial charge < -0.3 is 9.47 Å². The summed E-state index contributed by atoms with van der Waals surface area (Å²) in [5.74, 6) is 0.0312. The lowest BCUT2D eigenvalue weighted by Crippen LogP contribution is -2.17. The van der Waals surface area contributed by atoms with Crippen LogP contribution >= 0.6 is 0 Å². The van der Waals surface area contributed by atoms with E-state index in [0.29, 0.717) is 5.75 Å². The minimum absolute atomic E-state index is 0.288. The van der Waals surface area contributed by atoms with Gasteiger partial charge in [0.25, 0.3) is 0 Å². The summed E-state index contributed by atoms with van der Waals surface area (Å²) in [5, 5.41) is 0. The molecule has 5 heteroatoms. The highest BCUT2D eigenvalue weighted by atomic mass is 19.4. The Kier molecular flexibility index (Phi) is 3.94. The Morgan fingerprint density at radius 1 is 0.842 bits per heavy atom. The van der Waals surface area contributed by atoms with Crippen molar-refractivity contribution in [3.8, 4) is 11.5 Å². The number of halogens is 3. The fourth-order valence-electron chi connectivity index (χ4n) is 1.50. The molecule has 0 saturated carbocycles. The van der Waals surface area contributed by atoms with Gasteiger partial charge in [-0.15, -0.1) is 13.2 Å². The van der Waals surface area contributed by atoms with Crippen molar-refractivity contribution in [2.24, 2.45) is 0 Å². The van der Waals surface area contributed by atoms with Crippen LogP contribution in [0.15, 0.2) is 54.6 Å². The van der Waals surface area contributed by atoms with Crippen LogP contribution in [0.5, 0.6) is 11.5 Å². The Morgan fingerprint density at radius 2 is 1.53 bits per heavy atom. The molecule has 0 N–H and O–H groups in total. The first-order valence-corrected chi connectivity index (χ1v) is 5.55. The summed E-state index contributed by atoms with van der Waals surface area (Å²) >= 11 is 0. The minimum atomic E-state index is -4.70. The highest BCUT2D eigenvalue weighted by Gasteiger charge is 2.31. The number of ether oxygens (including phenoxy) is 2. The predicted octanol–water partition coefficient (Wildman–Crippen LogP) is 4.16. The van der Waals surface area contributed by atoms with Crippen molar-refractivity contribution in [2.75, 3.05) is 0 Å². The Hall–Kier alpha value is -2.17. The molecule has 2 rings (SSSR count). The maximum atomic E-state index is 12.1. The van der Waals surface area contributed by atoms with Gasteiger partial charge in [-0.1, -0.05) is 36.4 Å². The normalized spacial score (nSPS) is 11.1. The van der Waals surface area contributed by atoms with Crippen molar-refractivity contribution in [1.82, 2.24) is 0 Å². The average Bonchev–Trinajstić information content (AvgIpc) is 2.36. The van der Waals surface area contributed by atoms with E-state index in [2.05, 4.69) is 4.74 Å². The molecule has 0 aliphatic rings. The van der Waals surface area contributed by atoms with E-state index in [4.69, 9.17) is 4.74 Å². The Balaban J connectivity index is 1.99. The Bertz CT molecular complexity index is 524. The molecule has 2 nitrogen and oxygen atoms in total. The first kappa shape index (κ1) is 13.3. The van der Waals surface area contributed by atoms with Gasteiger partial charge in [-0.3, -0.25) is 0 Å². The lowest BCUT2D eigenvalue weighted by atomic mass is 10.2. The van der Waals surface area contributed by atoms with Crippen LogP contribution in [0.2, 0.25) is 0 Å². The summed E-state index contributed by atoms with van der Waals surface area (Å²) in [4.78, 5) is 0. The molecule has 0 radical (unpaired) electrons. The second kappa shape index (κ2) is 5.65. The molecule has 0 heterocycles. The first-order valence-electron chi connectivity index (χ1n) is 5.55. The van der Waals surface area contributed by atoms with Crippen LogP contribution < -0.4 is 9.47 Å². The van der Waals surface area contributed by atoms with Crippen LogP contribution in [0.4, 0.5) is 13.2 Å². The zero-order valence-electron chi connectivity index (χ0n) is 9.85. The van der Waals surface area contributed by atoms with Crippen molar-refractivity contribution in [1.29, 1.82) is 0 Å². The van der Waals surface area contributed by atoms with E-state index in [-0.39, 0.29) is 12.4 Å². The molecule has 0 fully saturated rings. The predicted molar refractivity (Wildman–Crippen MR) is 63.9 cm³/mol. The molecule has 0 aromatic heterocycles. The molecule has 0 atom stereocenters. The third-order valence-electron chi connectivity index (χ3n) is 2.29. The smallest absolute Gasteiger partial charge is 0.489 e. The maximum absolute atomic E-state index is 12.1. The summed E-state index contributed by atoms with van der Waals surface area (Å²) in [6.45, 7) is 0.288. The quantitative estimate of drug-likeness (QED) is 0.828. The van der Waals surface area contributed by atoms with E-state index in [1.807, 2.05) is 30.3 Å². The standard InChI is InChI=1S/C14H11F3O2/c15-14(16,17)19-13-8-4-7-12(9-13)18-10-11-5-2-1-3-6-11/h1-9H,10H2. The van der Waals surface area contributed by atoms with E-state index in [9.17, 15) is 13.2 Å². The lowest BCUT2D eigenvalue weighted by Gasteiger charge is -2.11. The zero-order chi connectivity index (χ0) is 13.7. The van der Waals surface area contributed by atoms with Gasteiger partial charge >= 0.3 is 6.36 Å². The summed E-state index contributed by atoms with van der Waals surface area (Å²) in [6, 6.07) is 14.8. The van der Waals surface area contributed by atoms with Gasteiger partial charge in [-0.25, -0.2) is 0 Å². The number of alkyl halides is 3. The molecule has 0 saturated heterocycles. The molecular weight excluding hydrogens is 257 g/mol. The van der Waals surface area contributed by atoms with Crippen molar-refractivity contribution in [3.05, 3.63) is 60.2 Å². The second-order valence-electron chi connectivity index (χ2n) is 3.80. The van der Waals surface area contributed by atoms with Gasteiger partial charge in [0.15, 0.2) is 0 Å². The minimum Gasteiger partial charge on any atom is -0.489 e. The van der Waals surface area contributed by atoms with E-state index >= 15 is 0 Å². The van der Waals surface area contributed by atoms with Crippen molar-refractivity contribution in [2.45, 2.75) is 13.0 Å². The van der Waals surface area contributed by atoms with Gasteiger partial charge in [0.05, 0.1) is 0 Å². The van der Waals surface area contributed by atoms with Gasteiger partial charge in [0.2, 0.25) is 0 Å². The Morgan fingerprint density at radius 3 is 2.21 bits per heavy atom. The number of hydrogen-bond acceptors (Lipinski definition) is 2. The van der Waals surface area contributed by atoms with E-state index < -0.39 is 6.36 Å². The lowest BCUT2D eigenvalue weighted by molar-refractivity contribution is -0.274. The molecule has 2 aromatic rings. The first-order chi connectivity index (χ1) is 9.03. The molecule has 0 aliphatic heterocycles. The zero-order valence-corrected chi connectivity index (χ0v) is 9.85.